The first-order valence-electron chi connectivity index (χ1n) is 10.1. The highest BCUT2D eigenvalue weighted by atomic mass is 32.2. The summed E-state index contributed by atoms with van der Waals surface area (Å²) in [5.41, 5.74) is 2.25. The number of aromatic nitrogens is 1. The van der Waals surface area contributed by atoms with Gasteiger partial charge in [0.2, 0.25) is 0 Å². The lowest BCUT2D eigenvalue weighted by atomic mass is 10.2. The van der Waals surface area contributed by atoms with Crippen LogP contribution in [-0.4, -0.2) is 46.4 Å². The number of fused-ring (bicyclic) bond motifs is 1. The monoisotopic (exact) mass is 391 g/mol. The summed E-state index contributed by atoms with van der Waals surface area (Å²) >= 11 is 1.88. The van der Waals surface area contributed by atoms with Crippen LogP contribution in [0.1, 0.15) is 25.0 Å². The number of para-hydroxylation sites is 1. The van der Waals surface area contributed by atoms with Gasteiger partial charge in [-0.25, -0.2) is 0 Å². The van der Waals surface area contributed by atoms with Gasteiger partial charge in [0.25, 0.3) is 0 Å². The minimum atomic E-state index is 0.448. The Kier molecular flexibility index (Phi) is 5.10. The first-order valence-corrected chi connectivity index (χ1v) is 11.1. The number of likely N-dealkylation sites (tertiary alicyclic amines) is 1. The van der Waals surface area contributed by atoms with Crippen LogP contribution >= 0.6 is 11.8 Å². The summed E-state index contributed by atoms with van der Waals surface area (Å²) in [5.74, 6) is 2.81. The number of ether oxygens (including phenoxy) is 1. The second kappa shape index (κ2) is 8.02. The van der Waals surface area contributed by atoms with Crippen molar-refractivity contribution in [2.24, 2.45) is 4.99 Å². The van der Waals surface area contributed by atoms with E-state index < -0.39 is 0 Å². The summed E-state index contributed by atoms with van der Waals surface area (Å²) in [5, 5.41) is 2.31. The molecule has 1 N–H and O–H groups in total. The van der Waals surface area contributed by atoms with Gasteiger partial charge >= 0.3 is 0 Å². The lowest BCUT2D eigenvalue weighted by molar-refractivity contribution is 0.326. The van der Waals surface area contributed by atoms with Crippen molar-refractivity contribution in [2.45, 2.75) is 25.3 Å². The maximum Gasteiger partial charge on any atom is 0.128 e. The SMILES string of the molecule is c1ccc(Oc2ccc3[nH]c(C4=N[C@@H](CCN5CCCC5)CS4)cc3c2)cc1. The van der Waals surface area contributed by atoms with Crippen molar-refractivity contribution in [1.29, 1.82) is 0 Å². The molecule has 2 aliphatic rings. The van der Waals surface area contributed by atoms with Crippen molar-refractivity contribution < 1.29 is 4.74 Å². The minimum Gasteiger partial charge on any atom is -0.457 e. The van der Waals surface area contributed by atoms with E-state index >= 15 is 0 Å². The van der Waals surface area contributed by atoms with Crippen LogP contribution in [0.5, 0.6) is 11.5 Å². The molecule has 2 aromatic carbocycles. The smallest absolute Gasteiger partial charge is 0.128 e. The van der Waals surface area contributed by atoms with Gasteiger partial charge in [-0.05, 0) is 68.8 Å². The van der Waals surface area contributed by atoms with E-state index in [0.29, 0.717) is 6.04 Å². The molecule has 144 valence electrons. The van der Waals surface area contributed by atoms with E-state index in [1.165, 1.54) is 38.9 Å². The van der Waals surface area contributed by atoms with E-state index in [1.807, 2.05) is 48.2 Å². The second-order valence-corrected chi connectivity index (χ2v) is 8.59. The molecule has 1 aromatic heterocycles. The molecule has 2 aliphatic heterocycles. The van der Waals surface area contributed by atoms with Gasteiger partial charge in [0.1, 0.15) is 16.5 Å². The van der Waals surface area contributed by atoms with Gasteiger partial charge in [0, 0.05) is 23.2 Å². The van der Waals surface area contributed by atoms with E-state index in [9.17, 15) is 0 Å². The van der Waals surface area contributed by atoms with Gasteiger partial charge in [-0.1, -0.05) is 18.2 Å². The Morgan fingerprint density at radius 2 is 1.89 bits per heavy atom. The number of H-pyrrole nitrogens is 1. The Balaban J connectivity index is 1.28. The van der Waals surface area contributed by atoms with Crippen molar-refractivity contribution in [2.75, 3.05) is 25.4 Å². The lowest BCUT2D eigenvalue weighted by Crippen LogP contribution is -2.23. The molecule has 0 aliphatic carbocycles. The van der Waals surface area contributed by atoms with Crippen LogP contribution in [0, 0.1) is 0 Å². The standard InChI is InChI=1S/C23H25N3OS/c1-2-6-19(7-3-1)27-20-8-9-21-17(14-20)15-22(25-21)23-24-18(16-28-23)10-13-26-11-4-5-12-26/h1-3,6-9,14-15,18,25H,4-5,10-13,16H2/t18-/m0/s1. The van der Waals surface area contributed by atoms with E-state index in [4.69, 9.17) is 9.73 Å². The van der Waals surface area contributed by atoms with Gasteiger partial charge in [-0.15, -0.1) is 11.8 Å². The molecule has 5 heteroatoms. The molecule has 4 nitrogen and oxygen atoms in total. The maximum absolute atomic E-state index is 5.96. The third-order valence-corrected chi connectivity index (χ3v) is 6.64. The van der Waals surface area contributed by atoms with Crippen molar-refractivity contribution in [1.82, 2.24) is 9.88 Å². The van der Waals surface area contributed by atoms with Crippen LogP contribution in [0.15, 0.2) is 59.6 Å². The number of hydrogen-bond acceptors (Lipinski definition) is 4. The number of hydrogen-bond donors (Lipinski definition) is 1. The molecule has 1 atom stereocenters. The normalized spacial score (nSPS) is 20.0. The van der Waals surface area contributed by atoms with Crippen LogP contribution in [0.4, 0.5) is 0 Å². The number of benzene rings is 2. The number of aliphatic imine (C=N–C) groups is 1. The summed E-state index contributed by atoms with van der Waals surface area (Å²) in [4.78, 5) is 11.1. The molecule has 5 rings (SSSR count). The third-order valence-electron chi connectivity index (χ3n) is 5.49. The van der Waals surface area contributed by atoms with Gasteiger partial charge in [-0.3, -0.25) is 4.99 Å². The fraction of sp³-hybridized carbons (Fsp3) is 0.348. The van der Waals surface area contributed by atoms with E-state index in [2.05, 4.69) is 28.1 Å². The Hall–Kier alpha value is -2.24. The fourth-order valence-electron chi connectivity index (χ4n) is 3.96. The Morgan fingerprint density at radius 3 is 2.75 bits per heavy atom. The largest absolute Gasteiger partial charge is 0.457 e. The molecular formula is C23H25N3OS. The van der Waals surface area contributed by atoms with E-state index in [-0.39, 0.29) is 0 Å². The van der Waals surface area contributed by atoms with E-state index in [1.54, 1.807) is 0 Å². The van der Waals surface area contributed by atoms with Crippen molar-refractivity contribution in [3.8, 4) is 11.5 Å². The number of aromatic amines is 1. The number of rotatable bonds is 6. The Morgan fingerprint density at radius 1 is 1.04 bits per heavy atom. The fourth-order valence-corrected chi connectivity index (χ4v) is 5.04. The summed E-state index contributed by atoms with van der Waals surface area (Å²) in [6, 6.07) is 18.7. The predicted octanol–water partition coefficient (Wildman–Crippen LogP) is 5.31. The number of nitrogens with zero attached hydrogens (tertiary/aromatic N) is 2. The summed E-state index contributed by atoms with van der Waals surface area (Å²) in [6.07, 6.45) is 3.89. The molecule has 3 aromatic rings. The molecule has 28 heavy (non-hydrogen) atoms. The van der Waals surface area contributed by atoms with Gasteiger partial charge < -0.3 is 14.6 Å². The molecule has 0 bridgehead atoms. The quantitative estimate of drug-likeness (QED) is 0.619. The maximum atomic E-state index is 5.96. The summed E-state index contributed by atoms with van der Waals surface area (Å²) < 4.78 is 5.96. The molecule has 0 unspecified atom stereocenters. The number of thioether (sulfide) groups is 1. The van der Waals surface area contributed by atoms with Crippen LogP contribution in [-0.2, 0) is 0 Å². The van der Waals surface area contributed by atoms with Gasteiger partial charge in [0.05, 0.1) is 11.7 Å². The summed E-state index contributed by atoms with van der Waals surface area (Å²) in [6.45, 7) is 3.73. The highest BCUT2D eigenvalue weighted by Gasteiger charge is 2.22. The number of nitrogens with one attached hydrogen (secondary N) is 1. The highest BCUT2D eigenvalue weighted by Crippen LogP contribution is 2.30. The van der Waals surface area contributed by atoms with E-state index in [0.717, 1.165) is 38.9 Å². The minimum absolute atomic E-state index is 0.448. The molecule has 1 saturated heterocycles. The summed E-state index contributed by atoms with van der Waals surface area (Å²) in [7, 11) is 0. The van der Waals surface area contributed by atoms with Crippen LogP contribution in [0.3, 0.4) is 0 Å². The zero-order valence-corrected chi connectivity index (χ0v) is 16.8. The predicted molar refractivity (Wildman–Crippen MR) is 118 cm³/mol. The zero-order valence-electron chi connectivity index (χ0n) is 15.9. The lowest BCUT2D eigenvalue weighted by Gasteiger charge is -2.15. The third kappa shape index (κ3) is 3.96. The van der Waals surface area contributed by atoms with Gasteiger partial charge in [0.15, 0.2) is 0 Å². The van der Waals surface area contributed by atoms with Crippen molar-refractivity contribution in [3.63, 3.8) is 0 Å². The molecular weight excluding hydrogens is 366 g/mol. The van der Waals surface area contributed by atoms with Crippen molar-refractivity contribution in [3.05, 3.63) is 60.3 Å². The van der Waals surface area contributed by atoms with Crippen molar-refractivity contribution >= 4 is 27.7 Å². The molecule has 0 spiro atoms. The Bertz CT molecular complexity index is 976. The average molecular weight is 392 g/mol. The first-order chi connectivity index (χ1) is 13.8. The molecule has 3 heterocycles. The van der Waals surface area contributed by atoms with Crippen LogP contribution in [0.2, 0.25) is 0 Å². The van der Waals surface area contributed by atoms with Crippen LogP contribution < -0.4 is 4.74 Å². The zero-order chi connectivity index (χ0) is 18.8. The molecule has 0 saturated carbocycles. The first kappa shape index (κ1) is 17.8. The highest BCUT2D eigenvalue weighted by molar-refractivity contribution is 8.14. The van der Waals surface area contributed by atoms with Gasteiger partial charge in [-0.2, -0.15) is 0 Å². The second-order valence-electron chi connectivity index (χ2n) is 7.58. The molecule has 1 fully saturated rings. The average Bonchev–Trinajstić information content (AvgIpc) is 3.47. The van der Waals surface area contributed by atoms with Crippen LogP contribution in [0.25, 0.3) is 10.9 Å². The molecule has 0 radical (unpaired) electrons. The molecule has 0 amide bonds. The Labute approximate surface area is 170 Å². The topological polar surface area (TPSA) is 40.6 Å².